The number of carbonyl (C=O) groups is 1. The molecule has 0 aromatic rings. The minimum atomic E-state index is -1.31. The van der Waals surface area contributed by atoms with Crippen LogP contribution in [-0.4, -0.2) is 25.2 Å². The van der Waals surface area contributed by atoms with Crippen molar-refractivity contribution in [2.24, 2.45) is 5.92 Å². The Morgan fingerprint density at radius 2 is 2.45 bits per heavy atom. The molecule has 1 aliphatic rings. The van der Waals surface area contributed by atoms with Gasteiger partial charge in [0, 0.05) is 12.5 Å². The summed E-state index contributed by atoms with van der Waals surface area (Å²) in [5.74, 6) is -0.568. The minimum Gasteiger partial charge on any atom is -0.381 e. The van der Waals surface area contributed by atoms with E-state index in [1.165, 1.54) is 6.92 Å². The number of ether oxygens (including phenoxy) is 1. The van der Waals surface area contributed by atoms with Crippen LogP contribution in [0.1, 0.15) is 19.8 Å². The van der Waals surface area contributed by atoms with Gasteiger partial charge in [0.2, 0.25) is 0 Å². The highest BCUT2D eigenvalue weighted by atomic mass is 19.1. The topological polar surface area (TPSA) is 26.3 Å². The molecule has 0 radical (unpaired) electrons. The van der Waals surface area contributed by atoms with Crippen LogP contribution in [0.25, 0.3) is 0 Å². The molecule has 0 N–H and O–H groups in total. The third kappa shape index (κ3) is 2.26. The molecule has 2 nitrogen and oxygen atoms in total. The van der Waals surface area contributed by atoms with Crippen molar-refractivity contribution in [3.8, 4) is 0 Å². The van der Waals surface area contributed by atoms with Crippen molar-refractivity contribution in [3.05, 3.63) is 0 Å². The maximum atomic E-state index is 13.0. The molecule has 1 fully saturated rings. The fraction of sp³-hybridized carbons (Fsp3) is 0.875. The Morgan fingerprint density at radius 1 is 1.73 bits per heavy atom. The van der Waals surface area contributed by atoms with Crippen molar-refractivity contribution < 1.29 is 13.9 Å². The fourth-order valence-corrected chi connectivity index (χ4v) is 1.33. The molecule has 11 heavy (non-hydrogen) atoms. The van der Waals surface area contributed by atoms with Crippen molar-refractivity contribution in [3.63, 3.8) is 0 Å². The highest BCUT2D eigenvalue weighted by Gasteiger charge is 2.26. The molecule has 3 heteroatoms. The zero-order valence-electron chi connectivity index (χ0n) is 6.68. The van der Waals surface area contributed by atoms with Crippen LogP contribution in [0.3, 0.4) is 0 Å². The Balaban J connectivity index is 2.38. The monoisotopic (exact) mass is 160 g/mol. The summed E-state index contributed by atoms with van der Waals surface area (Å²) in [6.07, 6.45) is 0.342. The first-order valence-corrected chi connectivity index (χ1v) is 3.94. The highest BCUT2D eigenvalue weighted by Crippen LogP contribution is 2.20. The second-order valence-electron chi connectivity index (χ2n) is 2.99. The number of ketones is 1. The summed E-state index contributed by atoms with van der Waals surface area (Å²) in [5, 5.41) is 0. The SMILES string of the molecule is CC(=O)C(F)C1CCCOC1. The predicted molar refractivity (Wildman–Crippen MR) is 39.1 cm³/mol. The van der Waals surface area contributed by atoms with Crippen molar-refractivity contribution in [2.75, 3.05) is 13.2 Å². The van der Waals surface area contributed by atoms with Crippen LogP contribution in [0, 0.1) is 5.92 Å². The molecule has 2 atom stereocenters. The highest BCUT2D eigenvalue weighted by molar-refractivity contribution is 5.80. The van der Waals surface area contributed by atoms with Gasteiger partial charge in [-0.05, 0) is 19.8 Å². The average Bonchev–Trinajstić information content (AvgIpc) is 2.05. The Bertz CT molecular complexity index is 141. The average molecular weight is 160 g/mol. The van der Waals surface area contributed by atoms with E-state index in [4.69, 9.17) is 4.74 Å². The summed E-state index contributed by atoms with van der Waals surface area (Å²) in [6, 6.07) is 0. The molecule has 64 valence electrons. The second kappa shape index (κ2) is 3.81. The first-order chi connectivity index (χ1) is 5.22. The first kappa shape index (κ1) is 8.65. The molecule has 0 aromatic heterocycles. The standard InChI is InChI=1S/C8H13FO2/c1-6(10)8(9)7-3-2-4-11-5-7/h7-8H,2-5H2,1H3. The van der Waals surface area contributed by atoms with Gasteiger partial charge in [0.25, 0.3) is 0 Å². The second-order valence-corrected chi connectivity index (χ2v) is 2.99. The van der Waals surface area contributed by atoms with E-state index in [-0.39, 0.29) is 11.7 Å². The minimum absolute atomic E-state index is 0.193. The van der Waals surface area contributed by atoms with E-state index in [0.717, 1.165) is 12.8 Å². The zero-order chi connectivity index (χ0) is 8.27. The van der Waals surface area contributed by atoms with E-state index in [0.29, 0.717) is 13.2 Å². The fourth-order valence-electron chi connectivity index (χ4n) is 1.33. The smallest absolute Gasteiger partial charge is 0.164 e. The summed E-state index contributed by atoms with van der Waals surface area (Å²) >= 11 is 0. The largest absolute Gasteiger partial charge is 0.381 e. The summed E-state index contributed by atoms with van der Waals surface area (Å²) < 4.78 is 18.0. The maximum absolute atomic E-state index is 13.0. The van der Waals surface area contributed by atoms with Crippen LogP contribution in [-0.2, 0) is 9.53 Å². The van der Waals surface area contributed by atoms with Gasteiger partial charge in [0.05, 0.1) is 6.61 Å². The number of halogens is 1. The molecular formula is C8H13FO2. The Morgan fingerprint density at radius 3 is 2.91 bits per heavy atom. The van der Waals surface area contributed by atoms with Gasteiger partial charge in [-0.1, -0.05) is 0 Å². The summed E-state index contributed by atoms with van der Waals surface area (Å²) in [7, 11) is 0. The molecular weight excluding hydrogens is 147 g/mol. The van der Waals surface area contributed by atoms with Gasteiger partial charge in [-0.3, -0.25) is 4.79 Å². The van der Waals surface area contributed by atoms with Gasteiger partial charge in [-0.2, -0.15) is 0 Å². The van der Waals surface area contributed by atoms with E-state index in [1.54, 1.807) is 0 Å². The van der Waals surface area contributed by atoms with Gasteiger partial charge in [-0.15, -0.1) is 0 Å². The quantitative estimate of drug-likeness (QED) is 0.609. The lowest BCUT2D eigenvalue weighted by atomic mass is 9.95. The zero-order valence-corrected chi connectivity index (χ0v) is 6.68. The maximum Gasteiger partial charge on any atom is 0.164 e. The Hall–Kier alpha value is -0.440. The van der Waals surface area contributed by atoms with Crippen LogP contribution < -0.4 is 0 Å². The van der Waals surface area contributed by atoms with Gasteiger partial charge >= 0.3 is 0 Å². The third-order valence-electron chi connectivity index (χ3n) is 2.00. The molecule has 0 bridgehead atoms. The van der Waals surface area contributed by atoms with E-state index in [2.05, 4.69) is 0 Å². The Labute approximate surface area is 65.7 Å². The van der Waals surface area contributed by atoms with E-state index in [9.17, 15) is 9.18 Å². The number of hydrogen-bond donors (Lipinski definition) is 0. The third-order valence-corrected chi connectivity index (χ3v) is 2.00. The van der Waals surface area contributed by atoms with Crippen LogP contribution in [0.4, 0.5) is 4.39 Å². The summed E-state index contributed by atoms with van der Waals surface area (Å²) in [4.78, 5) is 10.6. The van der Waals surface area contributed by atoms with Gasteiger partial charge in [-0.25, -0.2) is 4.39 Å². The van der Waals surface area contributed by atoms with Crippen LogP contribution in [0.2, 0.25) is 0 Å². The van der Waals surface area contributed by atoms with Crippen LogP contribution in [0.5, 0.6) is 0 Å². The first-order valence-electron chi connectivity index (χ1n) is 3.94. The number of hydrogen-bond acceptors (Lipinski definition) is 2. The molecule has 0 spiro atoms. The lowest BCUT2D eigenvalue weighted by molar-refractivity contribution is -0.125. The molecule has 1 rings (SSSR count). The number of Topliss-reactive ketones (excluding diaryl/α,β-unsaturated/α-hetero) is 1. The lowest BCUT2D eigenvalue weighted by Crippen LogP contribution is -2.30. The molecule has 0 amide bonds. The molecule has 2 unspecified atom stereocenters. The van der Waals surface area contributed by atoms with Crippen molar-refractivity contribution >= 4 is 5.78 Å². The van der Waals surface area contributed by atoms with Crippen molar-refractivity contribution in [1.29, 1.82) is 0 Å². The normalized spacial score (nSPS) is 28.0. The van der Waals surface area contributed by atoms with Crippen LogP contribution >= 0.6 is 0 Å². The molecule has 1 saturated heterocycles. The summed E-state index contributed by atoms with van der Waals surface area (Å²) in [5.41, 5.74) is 0. The number of alkyl halides is 1. The molecule has 0 aliphatic carbocycles. The molecule has 0 saturated carbocycles. The molecule has 0 aromatic carbocycles. The van der Waals surface area contributed by atoms with Crippen molar-refractivity contribution in [2.45, 2.75) is 25.9 Å². The van der Waals surface area contributed by atoms with Crippen molar-refractivity contribution in [1.82, 2.24) is 0 Å². The van der Waals surface area contributed by atoms with Gasteiger partial charge in [0.15, 0.2) is 12.0 Å². The van der Waals surface area contributed by atoms with E-state index >= 15 is 0 Å². The number of rotatable bonds is 2. The van der Waals surface area contributed by atoms with Gasteiger partial charge in [0.1, 0.15) is 0 Å². The van der Waals surface area contributed by atoms with E-state index in [1.807, 2.05) is 0 Å². The lowest BCUT2D eigenvalue weighted by Gasteiger charge is -2.23. The van der Waals surface area contributed by atoms with Gasteiger partial charge < -0.3 is 4.74 Å². The summed E-state index contributed by atoms with van der Waals surface area (Å²) in [6.45, 7) is 2.40. The molecule has 1 aliphatic heterocycles. The number of carbonyl (C=O) groups excluding carboxylic acids is 1. The Kier molecular flexibility index (Phi) is 3.00. The van der Waals surface area contributed by atoms with Crippen LogP contribution in [0.15, 0.2) is 0 Å². The molecule has 1 heterocycles. The van der Waals surface area contributed by atoms with E-state index < -0.39 is 6.17 Å². The predicted octanol–water partition coefficient (Wildman–Crippen LogP) is 1.34.